The van der Waals surface area contributed by atoms with Crippen LogP contribution in [0.2, 0.25) is 0 Å². The van der Waals surface area contributed by atoms with Gasteiger partial charge in [-0.3, -0.25) is 4.79 Å². The van der Waals surface area contributed by atoms with Crippen LogP contribution in [0.15, 0.2) is 35.5 Å². The minimum absolute atomic E-state index is 0. The van der Waals surface area contributed by atoms with Gasteiger partial charge in [-0.05, 0) is 58.1 Å². The topological polar surface area (TPSA) is 115 Å². The molecule has 1 amide bonds. The number of nitrogens with one attached hydrogen (secondary N) is 1. The third-order valence-corrected chi connectivity index (χ3v) is 10.2. The predicted molar refractivity (Wildman–Crippen MR) is 161 cm³/mol. The van der Waals surface area contributed by atoms with Gasteiger partial charge in [-0.25, -0.2) is 22.8 Å². The van der Waals surface area contributed by atoms with E-state index in [1.165, 1.54) is 35.3 Å². The number of carbonyl (C=O) groups excluding carboxylic acids is 1. The van der Waals surface area contributed by atoms with Crippen LogP contribution in [0.1, 0.15) is 62.5 Å². The number of sulfonamides is 1. The van der Waals surface area contributed by atoms with Gasteiger partial charge in [-0.2, -0.15) is 31.3 Å². The molecule has 242 valence electrons. The molecule has 3 aromatic heterocycles. The van der Waals surface area contributed by atoms with Crippen molar-refractivity contribution >= 4 is 35.2 Å². The van der Waals surface area contributed by atoms with Crippen LogP contribution in [-0.4, -0.2) is 58.6 Å². The number of aromatic nitrogens is 5. The van der Waals surface area contributed by atoms with Crippen molar-refractivity contribution in [1.82, 2.24) is 24.2 Å². The Balaban J connectivity index is 0.00000442. The lowest BCUT2D eigenvalue weighted by Gasteiger charge is -2.42. The zero-order valence-corrected chi connectivity index (χ0v) is 27.4. The fourth-order valence-corrected chi connectivity index (χ4v) is 7.26. The number of carbonyl (C=O) groups is 1. The van der Waals surface area contributed by atoms with E-state index in [1.807, 2.05) is 18.7 Å². The first-order chi connectivity index (χ1) is 19.9. The van der Waals surface area contributed by atoms with Crippen LogP contribution >= 0.6 is 13.5 Å². The molecular weight excluding hydrogens is 619 g/mol. The van der Waals surface area contributed by atoms with Crippen LogP contribution in [0, 0.1) is 18.3 Å². The Morgan fingerprint density at radius 1 is 1.23 bits per heavy atom. The smallest absolute Gasteiger partial charge is 0.397 e. The lowest BCUT2D eigenvalue weighted by atomic mass is 9.69. The highest BCUT2D eigenvalue weighted by atomic mass is 32.2. The molecule has 0 unspecified atom stereocenters. The second-order valence-corrected chi connectivity index (χ2v) is 14.1. The van der Waals surface area contributed by atoms with Gasteiger partial charge in [-0.15, -0.1) is 9.78 Å². The van der Waals surface area contributed by atoms with Gasteiger partial charge < -0.3 is 9.64 Å². The lowest BCUT2D eigenvalue weighted by Crippen LogP contribution is -2.48. The largest absolute Gasteiger partial charge is 0.476 e. The minimum Gasteiger partial charge on any atom is -0.476 e. The molecule has 4 heterocycles. The molecule has 0 spiro atoms. The van der Waals surface area contributed by atoms with Crippen molar-refractivity contribution in [2.45, 2.75) is 70.0 Å². The summed E-state index contributed by atoms with van der Waals surface area (Å²) >= 11 is 0. The molecule has 3 aromatic rings. The number of nitrogens with zero attached hydrogens (tertiary/aromatic N) is 6. The molecule has 1 saturated carbocycles. The van der Waals surface area contributed by atoms with Crippen molar-refractivity contribution in [3.63, 3.8) is 0 Å². The highest BCUT2D eigenvalue weighted by molar-refractivity contribution is 7.90. The maximum atomic E-state index is 13.6. The van der Waals surface area contributed by atoms with Gasteiger partial charge >= 0.3 is 6.18 Å². The summed E-state index contributed by atoms with van der Waals surface area (Å²) in [7, 11) is -0.804. The molecule has 1 N–H and O–H groups in total. The van der Waals surface area contributed by atoms with Crippen LogP contribution in [0.4, 0.5) is 19.0 Å². The van der Waals surface area contributed by atoms with Gasteiger partial charge in [0, 0.05) is 24.3 Å². The number of pyridine rings is 1. The van der Waals surface area contributed by atoms with E-state index in [9.17, 15) is 26.4 Å². The number of hydrogen-bond acceptors (Lipinski definition) is 7. The van der Waals surface area contributed by atoms with E-state index in [0.29, 0.717) is 24.5 Å². The number of anilines is 1. The molecule has 1 saturated heterocycles. The molecule has 0 aromatic carbocycles. The number of hydrogen-bond donors (Lipinski definition) is 1. The first kappa shape index (κ1) is 33.6. The second-order valence-electron chi connectivity index (χ2n) is 12.4. The van der Waals surface area contributed by atoms with Crippen molar-refractivity contribution in [3.05, 3.63) is 41.9 Å². The number of aryl methyl sites for hydroxylation is 1. The normalized spacial score (nSPS) is 19.3. The summed E-state index contributed by atoms with van der Waals surface area (Å²) in [6.07, 6.45) is -0.0506. The molecule has 16 heteroatoms. The number of rotatable bonds is 8. The molecule has 11 nitrogen and oxygen atoms in total. The highest BCUT2D eigenvalue weighted by Gasteiger charge is 2.59. The van der Waals surface area contributed by atoms with Crippen molar-refractivity contribution < 1.29 is 35.8 Å². The maximum Gasteiger partial charge on any atom is 0.397 e. The van der Waals surface area contributed by atoms with Gasteiger partial charge in [-0.1, -0.05) is 13.3 Å². The zero-order valence-electron chi connectivity index (χ0n) is 25.6. The van der Waals surface area contributed by atoms with Crippen LogP contribution in [0.3, 0.4) is 0 Å². The minimum atomic E-state index is -4.36. The summed E-state index contributed by atoms with van der Waals surface area (Å²) < 4.78 is 79.4. The van der Waals surface area contributed by atoms with Crippen LogP contribution < -0.4 is 19.0 Å². The Hall–Kier alpha value is -3.27. The van der Waals surface area contributed by atoms with Gasteiger partial charge in [0.25, 0.3) is 15.9 Å². The van der Waals surface area contributed by atoms with Gasteiger partial charge in [0.15, 0.2) is 17.8 Å². The zero-order chi connectivity index (χ0) is 31.5. The van der Waals surface area contributed by atoms with E-state index < -0.39 is 39.7 Å². The number of ether oxygens (including phenoxy) is 1. The Bertz CT molecular complexity index is 1660. The highest BCUT2D eigenvalue weighted by Crippen LogP contribution is 2.53. The number of halogens is 3. The van der Waals surface area contributed by atoms with E-state index in [1.54, 1.807) is 30.4 Å². The molecule has 2 aliphatic rings. The Kier molecular flexibility index (Phi) is 8.85. The van der Waals surface area contributed by atoms with Gasteiger partial charge in [0.2, 0.25) is 12.1 Å². The van der Waals surface area contributed by atoms with Crippen molar-refractivity contribution in [3.8, 4) is 11.7 Å². The molecule has 1 aliphatic carbocycles. The van der Waals surface area contributed by atoms with E-state index in [0.717, 1.165) is 6.42 Å². The fraction of sp³-hybridized carbons (Fsp3) is 0.571. The summed E-state index contributed by atoms with van der Waals surface area (Å²) in [5.74, 6) is 0.0355. The van der Waals surface area contributed by atoms with Crippen LogP contribution in [-0.2, 0) is 24.1 Å². The molecule has 1 atom stereocenters. The summed E-state index contributed by atoms with van der Waals surface area (Å²) in [5, 5.41) is 4.28. The average molecular weight is 659 g/mol. The first-order valence-corrected chi connectivity index (χ1v) is 15.6. The van der Waals surface area contributed by atoms with E-state index in [-0.39, 0.29) is 54.4 Å². The monoisotopic (exact) mass is 658 g/mol. The van der Waals surface area contributed by atoms with Crippen molar-refractivity contribution in [2.75, 3.05) is 18.1 Å². The lowest BCUT2D eigenvalue weighted by molar-refractivity contribution is -0.752. The third-order valence-electron chi connectivity index (χ3n) is 8.78. The van der Waals surface area contributed by atoms with Gasteiger partial charge in [0.05, 0.1) is 18.3 Å². The Morgan fingerprint density at radius 2 is 1.91 bits per heavy atom. The summed E-state index contributed by atoms with van der Waals surface area (Å²) in [6, 6.07) is 4.45. The molecular formula is C28H39F3N7O4S2+. The third kappa shape index (κ3) is 6.02. The van der Waals surface area contributed by atoms with E-state index in [2.05, 4.69) is 16.7 Å². The second kappa shape index (κ2) is 11.6. The first-order valence-electron chi connectivity index (χ1n) is 14.1. The average Bonchev–Trinajstić information content (AvgIpc) is 3.53. The summed E-state index contributed by atoms with van der Waals surface area (Å²) in [5.41, 5.74) is -1.73. The maximum absolute atomic E-state index is 13.6. The molecule has 0 radical (unpaired) electrons. The SMILES string of the molecule is Cc1c(S(=O)(=O)NC(=O)c2ccc(-n3ccc(OCC4(C(F)(F)F)CCC4)n3)nc2N2C[C@@H](C)CC2(C)C)c[n+](C)n1C.S. The molecule has 1 aliphatic heterocycles. The molecule has 0 bridgehead atoms. The van der Waals surface area contributed by atoms with E-state index >= 15 is 0 Å². The molecule has 5 rings (SSSR count). The van der Waals surface area contributed by atoms with Crippen molar-refractivity contribution in [2.24, 2.45) is 25.4 Å². The quantitative estimate of drug-likeness (QED) is 0.367. The van der Waals surface area contributed by atoms with Crippen LogP contribution in [0.5, 0.6) is 5.88 Å². The van der Waals surface area contributed by atoms with Crippen LogP contribution in [0.25, 0.3) is 5.82 Å². The predicted octanol–water partition coefficient (Wildman–Crippen LogP) is 3.71. The Morgan fingerprint density at radius 3 is 2.43 bits per heavy atom. The van der Waals surface area contributed by atoms with Gasteiger partial charge in [0.1, 0.15) is 17.8 Å². The number of alkyl halides is 3. The molecule has 44 heavy (non-hydrogen) atoms. The fourth-order valence-electron chi connectivity index (χ4n) is 5.99. The standard InChI is InChI=1S/C28H36F3N7O4S.H2S/c1-18-14-26(3,4)37(15-18)24-20(25(39)34-43(40,41)21-16-35(5)36(6)19(21)2)8-9-22(32-24)38-13-10-23(33-38)42-17-27(11-7-12-27)28(29,30)31;/h8-10,13,16,18H,7,11-12,14-15,17H2,1-6H3;1H2/p+1/t18-;/m0./s1. The van der Waals surface area contributed by atoms with E-state index in [4.69, 9.17) is 9.72 Å². The Labute approximate surface area is 261 Å². The summed E-state index contributed by atoms with van der Waals surface area (Å²) in [6.45, 7) is 7.84. The van der Waals surface area contributed by atoms with Crippen molar-refractivity contribution in [1.29, 1.82) is 0 Å². The number of amides is 1. The molecule has 2 fully saturated rings. The summed E-state index contributed by atoms with van der Waals surface area (Å²) in [4.78, 5) is 20.2.